The minimum absolute atomic E-state index is 0. The van der Waals surface area contributed by atoms with E-state index in [2.05, 4.69) is 13.8 Å². The molecule has 0 aromatic carbocycles. The fourth-order valence-corrected chi connectivity index (χ4v) is 3.33. The molecule has 0 bridgehead atoms. The third-order valence-corrected chi connectivity index (χ3v) is 4.63. The van der Waals surface area contributed by atoms with E-state index in [1.807, 2.05) is 0 Å². The highest BCUT2D eigenvalue weighted by molar-refractivity contribution is 7.38. The maximum Gasteiger partial charge on any atom is -0.0237 e. The Kier molecular flexibility index (Phi) is 7.58. The summed E-state index contributed by atoms with van der Waals surface area (Å²) in [5.74, 6) is 0.926. The van der Waals surface area contributed by atoms with Crippen molar-refractivity contribution in [2.75, 3.05) is 6.16 Å². The summed E-state index contributed by atoms with van der Waals surface area (Å²) >= 11 is 0. The van der Waals surface area contributed by atoms with Crippen molar-refractivity contribution in [3.8, 4) is 0 Å². The first-order valence-corrected chi connectivity index (χ1v) is 6.31. The number of rotatable bonds is 3. The zero-order chi connectivity index (χ0) is 8.10. The number of hydrogen-bond acceptors (Lipinski definition) is 0. The van der Waals surface area contributed by atoms with Crippen molar-refractivity contribution in [2.24, 2.45) is 5.92 Å². The zero-order valence-electron chi connectivity index (χ0n) is 8.31. The van der Waals surface area contributed by atoms with Gasteiger partial charge in [0.05, 0.1) is 0 Å². The van der Waals surface area contributed by atoms with Gasteiger partial charge in [0.25, 0.3) is 0 Å². The summed E-state index contributed by atoms with van der Waals surface area (Å²) < 4.78 is 0. The maximum absolute atomic E-state index is 2.34. The van der Waals surface area contributed by atoms with E-state index in [1.165, 1.54) is 46.8 Å². The van der Waals surface area contributed by atoms with Crippen LogP contribution in [0.4, 0.5) is 0 Å². The van der Waals surface area contributed by atoms with E-state index >= 15 is 0 Å². The molecule has 1 aliphatic carbocycles. The van der Waals surface area contributed by atoms with Crippen molar-refractivity contribution in [1.29, 1.82) is 0 Å². The summed E-state index contributed by atoms with van der Waals surface area (Å²) in [5, 5.41) is 0. The zero-order valence-corrected chi connectivity index (χ0v) is 10.1. The molecular weight excluding hydrogens is 187 g/mol. The molecule has 74 valence electrons. The number of hydrogen-bond donors (Lipinski definition) is 0. The molecular formula is C10H22ClP. The molecule has 1 unspecified atom stereocenters. The summed E-state index contributed by atoms with van der Waals surface area (Å²) in [5.41, 5.74) is 1.12. The van der Waals surface area contributed by atoms with Gasteiger partial charge in [-0.3, -0.25) is 0 Å². The molecule has 0 N–H and O–H groups in total. The summed E-state index contributed by atoms with van der Waals surface area (Å²) in [6.45, 7) is 4.69. The quantitative estimate of drug-likeness (QED) is 0.614. The van der Waals surface area contributed by atoms with Crippen molar-refractivity contribution in [3.63, 3.8) is 0 Å². The van der Waals surface area contributed by atoms with E-state index in [0.717, 1.165) is 11.6 Å². The van der Waals surface area contributed by atoms with Crippen LogP contribution in [0.3, 0.4) is 0 Å². The molecule has 0 saturated heterocycles. The second kappa shape index (κ2) is 7.15. The van der Waals surface area contributed by atoms with Gasteiger partial charge in [0.15, 0.2) is 0 Å². The lowest BCUT2D eigenvalue weighted by Gasteiger charge is -2.22. The third kappa shape index (κ3) is 5.38. The highest BCUT2D eigenvalue weighted by atomic mass is 35.5. The minimum atomic E-state index is 0. The molecule has 0 nitrogen and oxygen atoms in total. The van der Waals surface area contributed by atoms with Crippen LogP contribution < -0.4 is 0 Å². The van der Waals surface area contributed by atoms with Gasteiger partial charge in [0.1, 0.15) is 0 Å². The van der Waals surface area contributed by atoms with E-state index in [0.29, 0.717) is 0 Å². The normalized spacial score (nSPS) is 20.2. The SMILES string of the molecule is CC(C)CPC1CCCCC1.Cl. The molecule has 0 aromatic heterocycles. The van der Waals surface area contributed by atoms with Crippen molar-refractivity contribution in [1.82, 2.24) is 0 Å². The molecule has 0 aliphatic heterocycles. The molecule has 0 amide bonds. The van der Waals surface area contributed by atoms with E-state index in [4.69, 9.17) is 0 Å². The molecule has 2 heteroatoms. The molecule has 0 radical (unpaired) electrons. The summed E-state index contributed by atoms with van der Waals surface area (Å²) in [6, 6.07) is 0. The summed E-state index contributed by atoms with van der Waals surface area (Å²) in [6.07, 6.45) is 9.06. The fourth-order valence-electron chi connectivity index (χ4n) is 1.71. The standard InChI is InChI=1S/C10H21P.ClH/c1-9(2)8-11-10-6-4-3-5-7-10;/h9-11H,3-8H2,1-2H3;1H. The monoisotopic (exact) mass is 208 g/mol. The lowest BCUT2D eigenvalue weighted by molar-refractivity contribution is 0.512. The minimum Gasteiger partial charge on any atom is -0.147 e. The lowest BCUT2D eigenvalue weighted by Crippen LogP contribution is -2.08. The summed E-state index contributed by atoms with van der Waals surface area (Å²) in [7, 11) is 1.26. The Labute approximate surface area is 85.1 Å². The third-order valence-electron chi connectivity index (χ3n) is 2.42. The van der Waals surface area contributed by atoms with Gasteiger partial charge in [-0.2, -0.15) is 0 Å². The molecule has 1 fully saturated rings. The van der Waals surface area contributed by atoms with Gasteiger partial charge in [-0.1, -0.05) is 33.1 Å². The Morgan fingerprint density at radius 3 is 2.25 bits per heavy atom. The molecule has 1 saturated carbocycles. The van der Waals surface area contributed by atoms with E-state index in [9.17, 15) is 0 Å². The predicted octanol–water partition coefficient (Wildman–Crippen LogP) is 4.08. The smallest absolute Gasteiger partial charge is 0.0237 e. The van der Waals surface area contributed by atoms with Crippen molar-refractivity contribution >= 4 is 21.0 Å². The fraction of sp³-hybridized carbons (Fsp3) is 1.00. The predicted molar refractivity (Wildman–Crippen MR) is 62.1 cm³/mol. The first-order chi connectivity index (χ1) is 5.29. The molecule has 0 spiro atoms. The Morgan fingerprint density at radius 1 is 1.17 bits per heavy atom. The van der Waals surface area contributed by atoms with Gasteiger partial charge < -0.3 is 0 Å². The lowest BCUT2D eigenvalue weighted by atomic mass is 10.0. The van der Waals surface area contributed by atoms with Gasteiger partial charge in [-0.25, -0.2) is 0 Å². The van der Waals surface area contributed by atoms with Crippen LogP contribution in [0, 0.1) is 5.92 Å². The van der Waals surface area contributed by atoms with Gasteiger partial charge in [-0.05, 0) is 30.6 Å². The first kappa shape index (κ1) is 12.7. The Morgan fingerprint density at radius 2 is 1.75 bits per heavy atom. The van der Waals surface area contributed by atoms with Crippen LogP contribution in [0.15, 0.2) is 0 Å². The van der Waals surface area contributed by atoms with Crippen molar-refractivity contribution in [2.45, 2.75) is 51.6 Å². The maximum atomic E-state index is 2.34. The highest BCUT2D eigenvalue weighted by Gasteiger charge is 2.12. The molecule has 0 heterocycles. The van der Waals surface area contributed by atoms with Crippen molar-refractivity contribution in [3.05, 3.63) is 0 Å². The van der Waals surface area contributed by atoms with Crippen LogP contribution in [-0.4, -0.2) is 11.8 Å². The average Bonchev–Trinajstić information content (AvgIpc) is 2.03. The molecule has 1 atom stereocenters. The van der Waals surface area contributed by atoms with Crippen LogP contribution in [0.5, 0.6) is 0 Å². The van der Waals surface area contributed by atoms with Gasteiger partial charge in [-0.15, -0.1) is 21.0 Å². The van der Waals surface area contributed by atoms with Crippen LogP contribution in [0.1, 0.15) is 46.0 Å². The molecule has 1 rings (SSSR count). The Bertz CT molecular complexity index is 98.0. The van der Waals surface area contributed by atoms with Gasteiger partial charge in [0.2, 0.25) is 0 Å². The first-order valence-electron chi connectivity index (χ1n) is 5.02. The average molecular weight is 209 g/mol. The second-order valence-corrected chi connectivity index (χ2v) is 5.77. The van der Waals surface area contributed by atoms with E-state index < -0.39 is 0 Å². The molecule has 1 aliphatic rings. The van der Waals surface area contributed by atoms with Gasteiger partial charge >= 0.3 is 0 Å². The number of halogens is 1. The summed E-state index contributed by atoms with van der Waals surface area (Å²) in [4.78, 5) is 0. The largest absolute Gasteiger partial charge is 0.147 e. The molecule has 0 aromatic rings. The topological polar surface area (TPSA) is 0 Å². The highest BCUT2D eigenvalue weighted by Crippen LogP contribution is 2.33. The van der Waals surface area contributed by atoms with Crippen LogP contribution in [0.25, 0.3) is 0 Å². The Hall–Kier alpha value is 0.720. The van der Waals surface area contributed by atoms with Crippen LogP contribution in [0.2, 0.25) is 0 Å². The second-order valence-electron chi connectivity index (χ2n) is 4.14. The molecule has 12 heavy (non-hydrogen) atoms. The van der Waals surface area contributed by atoms with Crippen LogP contribution in [-0.2, 0) is 0 Å². The van der Waals surface area contributed by atoms with E-state index in [1.54, 1.807) is 0 Å². The van der Waals surface area contributed by atoms with Gasteiger partial charge in [0, 0.05) is 0 Å². The van der Waals surface area contributed by atoms with Crippen LogP contribution >= 0.6 is 21.0 Å². The Balaban J connectivity index is 0.00000121. The van der Waals surface area contributed by atoms with Crippen molar-refractivity contribution < 1.29 is 0 Å². The van der Waals surface area contributed by atoms with E-state index in [-0.39, 0.29) is 12.4 Å².